The molecule has 0 aromatic rings. The minimum absolute atomic E-state index is 0.705. The summed E-state index contributed by atoms with van der Waals surface area (Å²) in [5.74, 6) is -3.00. The summed E-state index contributed by atoms with van der Waals surface area (Å²) >= 11 is 0. The Bertz CT molecular complexity index is 190. The minimum atomic E-state index is -4.62. The molecule has 0 aliphatic heterocycles. The van der Waals surface area contributed by atoms with Gasteiger partial charge in [0.05, 0.1) is 12.0 Å². The van der Waals surface area contributed by atoms with Crippen molar-refractivity contribution in [3.8, 4) is 0 Å². The lowest BCUT2D eigenvalue weighted by Crippen LogP contribution is -2.42. The Morgan fingerprint density at radius 3 is 1.92 bits per heavy atom. The number of Topliss-reactive ketones (excluding diaryl/α,β-unsaturated/α-hetero) is 1. The highest BCUT2D eigenvalue weighted by Gasteiger charge is 2.44. The van der Waals surface area contributed by atoms with Crippen LogP contribution in [0, 0.1) is 5.92 Å². The van der Waals surface area contributed by atoms with Gasteiger partial charge in [-0.15, -0.1) is 0 Å². The second kappa shape index (κ2) is 4.06. The van der Waals surface area contributed by atoms with Crippen molar-refractivity contribution < 1.29 is 28.2 Å². The third-order valence-corrected chi connectivity index (χ3v) is 1.77. The van der Waals surface area contributed by atoms with Gasteiger partial charge in [-0.05, 0) is 6.92 Å². The molecule has 0 spiro atoms. The topological polar surface area (TPSA) is 57.5 Å². The van der Waals surface area contributed by atoms with Crippen LogP contribution in [0.15, 0.2) is 0 Å². The van der Waals surface area contributed by atoms with Crippen molar-refractivity contribution in [2.75, 3.05) is 0 Å². The summed E-state index contributed by atoms with van der Waals surface area (Å²) < 4.78 is 35.8. The summed E-state index contributed by atoms with van der Waals surface area (Å²) in [7, 11) is 0. The van der Waals surface area contributed by atoms with E-state index in [9.17, 15) is 18.0 Å². The molecule has 0 radical (unpaired) electrons. The van der Waals surface area contributed by atoms with E-state index in [0.717, 1.165) is 6.92 Å². The van der Waals surface area contributed by atoms with Gasteiger partial charge in [-0.3, -0.25) is 4.79 Å². The van der Waals surface area contributed by atoms with Crippen LogP contribution in [0.1, 0.15) is 13.8 Å². The Morgan fingerprint density at radius 2 is 1.69 bits per heavy atom. The number of carbonyl (C=O) groups excluding carboxylic acids is 1. The van der Waals surface area contributed by atoms with Gasteiger partial charge in [0.1, 0.15) is 6.10 Å². The van der Waals surface area contributed by atoms with Crippen LogP contribution in [0.4, 0.5) is 13.2 Å². The first kappa shape index (κ1) is 12.4. The lowest BCUT2D eigenvalue weighted by Gasteiger charge is -2.24. The molecule has 0 aromatic carbocycles. The first-order chi connectivity index (χ1) is 5.68. The zero-order valence-corrected chi connectivity index (χ0v) is 7.17. The number of carbonyl (C=O) groups is 1. The number of aliphatic hydroxyl groups excluding tert-OH is 2. The van der Waals surface area contributed by atoms with E-state index in [1.807, 2.05) is 0 Å². The van der Waals surface area contributed by atoms with Gasteiger partial charge in [0.2, 0.25) is 0 Å². The lowest BCUT2D eigenvalue weighted by molar-refractivity contribution is -0.206. The highest BCUT2D eigenvalue weighted by molar-refractivity contribution is 5.80. The molecule has 0 rings (SSSR count). The maximum Gasteiger partial charge on any atom is 0.394 e. The van der Waals surface area contributed by atoms with E-state index in [2.05, 4.69) is 0 Å². The van der Waals surface area contributed by atoms with Crippen LogP contribution in [0.25, 0.3) is 0 Å². The first-order valence-corrected chi connectivity index (χ1v) is 3.61. The molecule has 3 atom stereocenters. The Balaban J connectivity index is 4.42. The van der Waals surface area contributed by atoms with E-state index in [0.29, 0.717) is 6.92 Å². The van der Waals surface area contributed by atoms with E-state index >= 15 is 0 Å². The molecule has 6 heteroatoms. The second-order valence-corrected chi connectivity index (χ2v) is 2.88. The number of halogens is 3. The molecule has 0 fully saturated rings. The quantitative estimate of drug-likeness (QED) is 0.697. The molecule has 0 amide bonds. The van der Waals surface area contributed by atoms with Gasteiger partial charge in [0.25, 0.3) is 0 Å². The Labute approximate surface area is 73.2 Å². The summed E-state index contributed by atoms with van der Waals surface area (Å²) in [5.41, 5.74) is 0. The molecule has 0 bridgehead atoms. The molecule has 0 heterocycles. The van der Waals surface area contributed by atoms with Gasteiger partial charge in [-0.25, -0.2) is 0 Å². The lowest BCUT2D eigenvalue weighted by atomic mass is 9.97. The fourth-order valence-electron chi connectivity index (χ4n) is 0.708. The standard InChI is InChI=1S/C7H11F3O3/c1-3(7(8,9)10)5(12)6(13)4(2)11/h3,5-6,12-13H,1-2H3. The van der Waals surface area contributed by atoms with Crippen LogP contribution in [0.3, 0.4) is 0 Å². The Morgan fingerprint density at radius 1 is 1.31 bits per heavy atom. The van der Waals surface area contributed by atoms with E-state index < -0.39 is 30.1 Å². The third kappa shape index (κ3) is 3.31. The van der Waals surface area contributed by atoms with Gasteiger partial charge in [-0.2, -0.15) is 13.2 Å². The van der Waals surface area contributed by atoms with Gasteiger partial charge < -0.3 is 10.2 Å². The number of hydrogen-bond donors (Lipinski definition) is 2. The molecule has 2 N–H and O–H groups in total. The van der Waals surface area contributed by atoms with Crippen LogP contribution in [-0.2, 0) is 4.79 Å². The monoisotopic (exact) mass is 200 g/mol. The number of ketones is 1. The average Bonchev–Trinajstić information content (AvgIpc) is 1.98. The Kier molecular flexibility index (Phi) is 3.87. The van der Waals surface area contributed by atoms with Crippen molar-refractivity contribution in [2.24, 2.45) is 5.92 Å². The molecule has 78 valence electrons. The van der Waals surface area contributed by atoms with Crippen LogP contribution in [0.5, 0.6) is 0 Å². The SMILES string of the molecule is CC(=O)C(O)C(O)C(C)C(F)(F)F. The van der Waals surface area contributed by atoms with Crippen LogP contribution < -0.4 is 0 Å². The summed E-state index contributed by atoms with van der Waals surface area (Å²) in [6.45, 7) is 1.62. The zero-order valence-electron chi connectivity index (χ0n) is 7.17. The molecular formula is C7H11F3O3. The van der Waals surface area contributed by atoms with E-state index in [4.69, 9.17) is 10.2 Å². The van der Waals surface area contributed by atoms with Crippen molar-refractivity contribution in [2.45, 2.75) is 32.2 Å². The maximum absolute atomic E-state index is 11.9. The number of hydrogen-bond acceptors (Lipinski definition) is 3. The Hall–Kier alpha value is -0.620. The smallest absolute Gasteiger partial charge is 0.389 e. The summed E-state index contributed by atoms with van der Waals surface area (Å²) in [4.78, 5) is 10.4. The molecule has 0 aliphatic rings. The molecule has 3 unspecified atom stereocenters. The van der Waals surface area contributed by atoms with Gasteiger partial charge in [0.15, 0.2) is 5.78 Å². The number of aliphatic hydroxyl groups is 2. The average molecular weight is 200 g/mol. The summed E-state index contributed by atoms with van der Waals surface area (Å²) in [6.07, 6.45) is -8.69. The summed E-state index contributed by atoms with van der Waals surface area (Å²) in [6, 6.07) is 0. The highest BCUT2D eigenvalue weighted by atomic mass is 19.4. The number of rotatable bonds is 3. The first-order valence-electron chi connectivity index (χ1n) is 3.61. The molecule has 0 aliphatic carbocycles. The fraction of sp³-hybridized carbons (Fsp3) is 0.857. The second-order valence-electron chi connectivity index (χ2n) is 2.88. The largest absolute Gasteiger partial charge is 0.394 e. The third-order valence-electron chi connectivity index (χ3n) is 1.77. The van der Waals surface area contributed by atoms with Gasteiger partial charge >= 0.3 is 6.18 Å². The molecule has 0 aromatic heterocycles. The predicted octanol–water partition coefficient (Wildman–Crippen LogP) is 0.496. The normalized spacial score (nSPS) is 19.3. The molecule has 13 heavy (non-hydrogen) atoms. The summed E-state index contributed by atoms with van der Waals surface area (Å²) in [5, 5.41) is 17.7. The maximum atomic E-state index is 11.9. The number of alkyl halides is 3. The van der Waals surface area contributed by atoms with Crippen LogP contribution in [-0.4, -0.2) is 34.4 Å². The molecular weight excluding hydrogens is 189 g/mol. The highest BCUT2D eigenvalue weighted by Crippen LogP contribution is 2.29. The molecule has 3 nitrogen and oxygen atoms in total. The van der Waals surface area contributed by atoms with E-state index in [-0.39, 0.29) is 0 Å². The fourth-order valence-corrected chi connectivity index (χ4v) is 0.708. The van der Waals surface area contributed by atoms with Crippen LogP contribution >= 0.6 is 0 Å². The van der Waals surface area contributed by atoms with Gasteiger partial charge in [-0.1, -0.05) is 6.92 Å². The zero-order chi connectivity index (χ0) is 10.8. The van der Waals surface area contributed by atoms with Crippen molar-refractivity contribution >= 4 is 5.78 Å². The van der Waals surface area contributed by atoms with Crippen molar-refractivity contribution in [3.63, 3.8) is 0 Å². The van der Waals surface area contributed by atoms with E-state index in [1.54, 1.807) is 0 Å². The molecule has 0 saturated heterocycles. The van der Waals surface area contributed by atoms with E-state index in [1.165, 1.54) is 0 Å². The minimum Gasteiger partial charge on any atom is -0.389 e. The molecule has 0 saturated carbocycles. The van der Waals surface area contributed by atoms with Gasteiger partial charge in [0, 0.05) is 0 Å². The van der Waals surface area contributed by atoms with Crippen molar-refractivity contribution in [1.82, 2.24) is 0 Å². The van der Waals surface area contributed by atoms with Crippen molar-refractivity contribution in [3.05, 3.63) is 0 Å². The van der Waals surface area contributed by atoms with Crippen LogP contribution in [0.2, 0.25) is 0 Å². The van der Waals surface area contributed by atoms with Crippen molar-refractivity contribution in [1.29, 1.82) is 0 Å². The predicted molar refractivity (Wildman–Crippen MR) is 37.9 cm³/mol.